The minimum atomic E-state index is -0.475. The Balaban J connectivity index is 2.62. The van der Waals surface area contributed by atoms with Crippen LogP contribution in [0.5, 0.6) is 5.75 Å². The molecule has 0 atom stereocenters. The van der Waals surface area contributed by atoms with Gasteiger partial charge in [-0.1, -0.05) is 13.8 Å². The summed E-state index contributed by atoms with van der Waals surface area (Å²) < 4.78 is 18.6. The molecule has 0 aliphatic carbocycles. The third-order valence-electron chi connectivity index (χ3n) is 2.89. The van der Waals surface area contributed by atoms with E-state index >= 15 is 0 Å². The second kappa shape index (κ2) is 5.22. The van der Waals surface area contributed by atoms with Gasteiger partial charge in [0.15, 0.2) is 11.6 Å². The zero-order valence-corrected chi connectivity index (χ0v) is 11.0. The van der Waals surface area contributed by atoms with E-state index in [1.807, 2.05) is 13.8 Å². The molecule has 2 rings (SSSR count). The summed E-state index contributed by atoms with van der Waals surface area (Å²) in [6.45, 7) is 3.80. The largest absolute Gasteiger partial charge is 0.494 e. The molecule has 2 aromatic rings. The lowest BCUT2D eigenvalue weighted by atomic mass is 9.98. The number of aromatic nitrogens is 2. The van der Waals surface area contributed by atoms with Crippen LogP contribution in [0.2, 0.25) is 0 Å². The first kappa shape index (κ1) is 13.3. The highest BCUT2D eigenvalue weighted by Gasteiger charge is 2.15. The molecular formula is C14H15FN2O2. The topological polar surface area (TPSA) is 55.0 Å². The second-order valence-corrected chi connectivity index (χ2v) is 4.50. The predicted octanol–water partition coefficient (Wildman–Crippen LogP) is 2.71. The van der Waals surface area contributed by atoms with E-state index in [1.165, 1.54) is 25.6 Å². The number of hydrogen-bond acceptors (Lipinski definition) is 3. The molecule has 5 heteroatoms. The van der Waals surface area contributed by atoms with Crippen molar-refractivity contribution in [3.63, 3.8) is 0 Å². The molecule has 0 saturated carbocycles. The van der Waals surface area contributed by atoms with E-state index in [9.17, 15) is 9.18 Å². The van der Waals surface area contributed by atoms with Crippen LogP contribution < -0.4 is 10.3 Å². The van der Waals surface area contributed by atoms with Crippen molar-refractivity contribution in [2.75, 3.05) is 7.11 Å². The Morgan fingerprint density at radius 1 is 1.37 bits per heavy atom. The Hall–Kier alpha value is -2.17. The lowest BCUT2D eigenvalue weighted by Gasteiger charge is -2.11. The molecule has 0 unspecified atom stereocenters. The summed E-state index contributed by atoms with van der Waals surface area (Å²) in [7, 11) is 1.41. The highest BCUT2D eigenvalue weighted by molar-refractivity contribution is 5.64. The van der Waals surface area contributed by atoms with E-state index in [2.05, 4.69) is 9.97 Å². The maximum atomic E-state index is 13.7. The van der Waals surface area contributed by atoms with Gasteiger partial charge in [-0.25, -0.2) is 9.37 Å². The molecule has 0 aliphatic heterocycles. The number of rotatable bonds is 3. The van der Waals surface area contributed by atoms with Gasteiger partial charge >= 0.3 is 0 Å². The number of halogens is 1. The Bertz CT molecular complexity index is 650. The Labute approximate surface area is 110 Å². The number of nitrogens with one attached hydrogen (secondary N) is 1. The summed E-state index contributed by atoms with van der Waals surface area (Å²) in [6, 6.07) is 4.54. The number of methoxy groups -OCH3 is 1. The molecule has 19 heavy (non-hydrogen) atoms. The summed E-state index contributed by atoms with van der Waals surface area (Å²) in [4.78, 5) is 18.6. The zero-order valence-electron chi connectivity index (χ0n) is 11.0. The van der Waals surface area contributed by atoms with Gasteiger partial charge in [0.05, 0.1) is 19.1 Å². The van der Waals surface area contributed by atoms with Crippen LogP contribution in [0, 0.1) is 5.82 Å². The highest BCUT2D eigenvalue weighted by Crippen LogP contribution is 2.27. The number of benzene rings is 1. The third-order valence-corrected chi connectivity index (χ3v) is 2.89. The van der Waals surface area contributed by atoms with Crippen LogP contribution >= 0.6 is 0 Å². The van der Waals surface area contributed by atoms with Crippen molar-refractivity contribution in [1.29, 1.82) is 0 Å². The van der Waals surface area contributed by atoms with Crippen molar-refractivity contribution in [1.82, 2.24) is 9.97 Å². The summed E-state index contributed by atoms with van der Waals surface area (Å²) in [5.74, 6) is -0.311. The van der Waals surface area contributed by atoms with Crippen molar-refractivity contribution < 1.29 is 9.13 Å². The average molecular weight is 262 g/mol. The number of hydrogen-bond donors (Lipinski definition) is 1. The van der Waals surface area contributed by atoms with Crippen molar-refractivity contribution in [2.45, 2.75) is 19.8 Å². The molecule has 0 aliphatic rings. The summed E-state index contributed by atoms with van der Waals surface area (Å²) in [5.41, 5.74) is 1.41. The molecule has 4 nitrogen and oxygen atoms in total. The molecule has 0 bridgehead atoms. The molecule has 0 radical (unpaired) electrons. The quantitative estimate of drug-likeness (QED) is 0.925. The van der Waals surface area contributed by atoms with E-state index in [0.29, 0.717) is 16.8 Å². The average Bonchev–Trinajstić information content (AvgIpc) is 2.37. The monoisotopic (exact) mass is 262 g/mol. The lowest BCUT2D eigenvalue weighted by Crippen LogP contribution is -2.16. The van der Waals surface area contributed by atoms with Gasteiger partial charge in [-0.3, -0.25) is 4.79 Å². The van der Waals surface area contributed by atoms with Crippen molar-refractivity contribution in [3.05, 3.63) is 46.3 Å². The van der Waals surface area contributed by atoms with Gasteiger partial charge in [-0.2, -0.15) is 0 Å². The first-order valence-corrected chi connectivity index (χ1v) is 5.96. The zero-order chi connectivity index (χ0) is 14.0. The predicted molar refractivity (Wildman–Crippen MR) is 70.9 cm³/mol. The first-order valence-electron chi connectivity index (χ1n) is 5.96. The maximum absolute atomic E-state index is 13.7. The van der Waals surface area contributed by atoms with Gasteiger partial charge in [0.1, 0.15) is 0 Å². The van der Waals surface area contributed by atoms with Gasteiger partial charge in [-0.15, -0.1) is 0 Å². The van der Waals surface area contributed by atoms with Crippen LogP contribution in [0.4, 0.5) is 4.39 Å². The van der Waals surface area contributed by atoms with Crippen LogP contribution in [0.25, 0.3) is 11.3 Å². The van der Waals surface area contributed by atoms with E-state index in [4.69, 9.17) is 4.74 Å². The van der Waals surface area contributed by atoms with Crippen LogP contribution in [0.3, 0.4) is 0 Å². The smallest absolute Gasteiger partial charge is 0.254 e. The molecule has 1 aromatic heterocycles. The maximum Gasteiger partial charge on any atom is 0.254 e. The summed E-state index contributed by atoms with van der Waals surface area (Å²) in [5, 5.41) is 0. The SMILES string of the molecule is COc1ccc(-c2nc[nH]c(=O)c2C(C)C)cc1F. The molecular weight excluding hydrogens is 247 g/mol. The lowest BCUT2D eigenvalue weighted by molar-refractivity contribution is 0.386. The van der Waals surface area contributed by atoms with Crippen LogP contribution in [0.15, 0.2) is 29.3 Å². The Morgan fingerprint density at radius 2 is 2.11 bits per heavy atom. The molecule has 0 fully saturated rings. The molecule has 100 valence electrons. The Morgan fingerprint density at radius 3 is 2.68 bits per heavy atom. The third kappa shape index (κ3) is 2.50. The van der Waals surface area contributed by atoms with Crippen molar-refractivity contribution in [3.8, 4) is 17.0 Å². The molecule has 1 N–H and O–H groups in total. The van der Waals surface area contributed by atoms with Gasteiger partial charge in [0.25, 0.3) is 5.56 Å². The number of aromatic amines is 1. The first-order chi connectivity index (χ1) is 9.04. The fraction of sp³-hybridized carbons (Fsp3) is 0.286. The normalized spacial score (nSPS) is 10.8. The van der Waals surface area contributed by atoms with Crippen LogP contribution in [-0.4, -0.2) is 17.1 Å². The van der Waals surface area contributed by atoms with Crippen molar-refractivity contribution in [2.24, 2.45) is 0 Å². The van der Waals surface area contributed by atoms with Crippen LogP contribution in [0.1, 0.15) is 25.3 Å². The summed E-state index contributed by atoms with van der Waals surface area (Å²) in [6.07, 6.45) is 1.33. The second-order valence-electron chi connectivity index (χ2n) is 4.50. The van der Waals surface area contributed by atoms with E-state index < -0.39 is 5.82 Å². The number of H-pyrrole nitrogens is 1. The number of nitrogens with zero attached hydrogens (tertiary/aromatic N) is 1. The standard InChI is InChI=1S/C14H15FN2O2/c1-8(2)12-13(16-7-17-14(12)18)9-4-5-11(19-3)10(15)6-9/h4-8H,1-3H3,(H,16,17,18). The van der Waals surface area contributed by atoms with Gasteiger partial charge in [0, 0.05) is 11.1 Å². The van der Waals surface area contributed by atoms with E-state index in [0.717, 1.165) is 0 Å². The molecule has 0 saturated heterocycles. The van der Waals surface area contributed by atoms with Gasteiger partial charge in [0.2, 0.25) is 0 Å². The minimum absolute atomic E-state index is 0.00221. The molecule has 1 heterocycles. The van der Waals surface area contributed by atoms with Crippen molar-refractivity contribution >= 4 is 0 Å². The Kier molecular flexibility index (Phi) is 3.64. The highest BCUT2D eigenvalue weighted by atomic mass is 19.1. The van der Waals surface area contributed by atoms with Gasteiger partial charge < -0.3 is 9.72 Å². The fourth-order valence-corrected chi connectivity index (χ4v) is 1.99. The van der Waals surface area contributed by atoms with Gasteiger partial charge in [-0.05, 0) is 24.1 Å². The van der Waals surface area contributed by atoms with Crippen LogP contribution in [-0.2, 0) is 0 Å². The molecule has 0 spiro atoms. The fourth-order valence-electron chi connectivity index (χ4n) is 1.99. The van der Waals surface area contributed by atoms with E-state index in [1.54, 1.807) is 6.07 Å². The molecule has 0 amide bonds. The minimum Gasteiger partial charge on any atom is -0.494 e. The molecule has 1 aromatic carbocycles. The summed E-state index contributed by atoms with van der Waals surface area (Å²) >= 11 is 0. The number of ether oxygens (including phenoxy) is 1. The van der Waals surface area contributed by atoms with E-state index in [-0.39, 0.29) is 17.2 Å².